The van der Waals surface area contributed by atoms with Crippen LogP contribution in [0.4, 0.5) is 0 Å². The van der Waals surface area contributed by atoms with Gasteiger partial charge in [0.2, 0.25) is 0 Å². The fourth-order valence-electron chi connectivity index (χ4n) is 2.46. The molecule has 0 aromatic heterocycles. The van der Waals surface area contributed by atoms with E-state index in [0.29, 0.717) is 12.5 Å². The molecule has 0 bridgehead atoms. The summed E-state index contributed by atoms with van der Waals surface area (Å²) in [6.07, 6.45) is 9.73. The van der Waals surface area contributed by atoms with Gasteiger partial charge in [0, 0.05) is 6.61 Å². The molecule has 1 fully saturated rings. The van der Waals surface area contributed by atoms with E-state index in [4.69, 9.17) is 5.11 Å². The van der Waals surface area contributed by atoms with Gasteiger partial charge in [0.25, 0.3) is 0 Å². The van der Waals surface area contributed by atoms with Gasteiger partial charge in [-0.1, -0.05) is 52.4 Å². The first kappa shape index (κ1) is 12.0. The van der Waals surface area contributed by atoms with Crippen molar-refractivity contribution in [3.63, 3.8) is 0 Å². The number of hydrogen-bond acceptors (Lipinski definition) is 1. The molecule has 1 nitrogen and oxygen atoms in total. The highest BCUT2D eigenvalue weighted by atomic mass is 16.3. The third-order valence-electron chi connectivity index (χ3n) is 3.76. The van der Waals surface area contributed by atoms with Crippen LogP contribution in [0.3, 0.4) is 0 Å². The average molecular weight is 198 g/mol. The summed E-state index contributed by atoms with van der Waals surface area (Å²) in [6, 6.07) is 0. The lowest BCUT2D eigenvalue weighted by Crippen LogP contribution is -2.12. The smallest absolute Gasteiger partial charge is 0.0456 e. The first-order chi connectivity index (χ1) is 6.72. The molecular formula is C13H26O. The van der Waals surface area contributed by atoms with Gasteiger partial charge in [-0.2, -0.15) is 0 Å². The maximum Gasteiger partial charge on any atom is 0.0456 e. The maximum atomic E-state index is 8.91. The molecule has 1 aliphatic carbocycles. The van der Waals surface area contributed by atoms with E-state index >= 15 is 0 Å². The topological polar surface area (TPSA) is 20.2 Å². The van der Waals surface area contributed by atoms with Crippen molar-refractivity contribution in [3.05, 3.63) is 0 Å². The lowest BCUT2D eigenvalue weighted by atomic mass is 9.80. The zero-order valence-electron chi connectivity index (χ0n) is 9.84. The van der Waals surface area contributed by atoms with Crippen molar-refractivity contribution in [2.45, 2.75) is 58.8 Å². The fourth-order valence-corrected chi connectivity index (χ4v) is 2.46. The van der Waals surface area contributed by atoms with Crippen LogP contribution in [0.25, 0.3) is 0 Å². The lowest BCUT2D eigenvalue weighted by molar-refractivity contribution is 0.218. The molecular weight excluding hydrogens is 172 g/mol. The quantitative estimate of drug-likeness (QED) is 0.715. The highest BCUT2D eigenvalue weighted by Gasteiger charge is 2.17. The summed E-state index contributed by atoms with van der Waals surface area (Å²) < 4.78 is 0. The van der Waals surface area contributed by atoms with E-state index in [1.165, 1.54) is 44.9 Å². The molecule has 1 N–H and O–H groups in total. The van der Waals surface area contributed by atoms with Gasteiger partial charge in [0.05, 0.1) is 0 Å². The largest absolute Gasteiger partial charge is 0.396 e. The van der Waals surface area contributed by atoms with Crippen molar-refractivity contribution >= 4 is 0 Å². The third-order valence-corrected chi connectivity index (χ3v) is 3.76. The standard InChI is InChI=1S/C13H26O/c1-11-6-8-13(9-7-11)5-3-4-12(2)10-14/h11-14H,3-10H2,1-2H3. The van der Waals surface area contributed by atoms with Crippen molar-refractivity contribution < 1.29 is 5.11 Å². The molecule has 0 saturated heterocycles. The number of rotatable bonds is 5. The van der Waals surface area contributed by atoms with Crippen molar-refractivity contribution in [1.82, 2.24) is 0 Å². The van der Waals surface area contributed by atoms with Gasteiger partial charge >= 0.3 is 0 Å². The van der Waals surface area contributed by atoms with E-state index in [1.807, 2.05) is 0 Å². The summed E-state index contributed by atoms with van der Waals surface area (Å²) in [4.78, 5) is 0. The van der Waals surface area contributed by atoms with Gasteiger partial charge in [0.1, 0.15) is 0 Å². The Balaban J connectivity index is 2.02. The van der Waals surface area contributed by atoms with E-state index in [-0.39, 0.29) is 0 Å². The third kappa shape index (κ3) is 4.45. The van der Waals surface area contributed by atoms with Crippen LogP contribution in [0.1, 0.15) is 58.8 Å². The Morgan fingerprint density at radius 1 is 1.21 bits per heavy atom. The molecule has 1 aliphatic rings. The fraction of sp³-hybridized carbons (Fsp3) is 1.00. The number of aliphatic hydroxyl groups excluding tert-OH is 1. The summed E-state index contributed by atoms with van der Waals surface area (Å²) in [7, 11) is 0. The Morgan fingerprint density at radius 3 is 2.43 bits per heavy atom. The number of hydrogen-bond donors (Lipinski definition) is 1. The van der Waals surface area contributed by atoms with Crippen LogP contribution in [-0.2, 0) is 0 Å². The van der Waals surface area contributed by atoms with Crippen molar-refractivity contribution in [1.29, 1.82) is 0 Å². The highest BCUT2D eigenvalue weighted by molar-refractivity contribution is 4.70. The summed E-state index contributed by atoms with van der Waals surface area (Å²) in [6.45, 7) is 4.88. The van der Waals surface area contributed by atoms with Gasteiger partial charge in [-0.15, -0.1) is 0 Å². The zero-order valence-corrected chi connectivity index (χ0v) is 9.84. The minimum absolute atomic E-state index is 0.363. The van der Waals surface area contributed by atoms with Crippen molar-refractivity contribution in [3.8, 4) is 0 Å². The lowest BCUT2D eigenvalue weighted by Gasteiger charge is -2.26. The summed E-state index contributed by atoms with van der Waals surface area (Å²) >= 11 is 0. The normalized spacial score (nSPS) is 30.2. The second kappa shape index (κ2) is 6.44. The van der Waals surface area contributed by atoms with Crippen molar-refractivity contribution in [2.75, 3.05) is 6.61 Å². The van der Waals surface area contributed by atoms with Crippen molar-refractivity contribution in [2.24, 2.45) is 17.8 Å². The van der Waals surface area contributed by atoms with E-state index in [0.717, 1.165) is 11.8 Å². The van der Waals surface area contributed by atoms with Crippen LogP contribution in [0.15, 0.2) is 0 Å². The molecule has 0 aromatic rings. The Morgan fingerprint density at radius 2 is 1.86 bits per heavy atom. The molecule has 0 heterocycles. The van der Waals surface area contributed by atoms with Gasteiger partial charge in [-0.25, -0.2) is 0 Å². The molecule has 1 rings (SSSR count). The monoisotopic (exact) mass is 198 g/mol. The average Bonchev–Trinajstić information content (AvgIpc) is 2.21. The molecule has 14 heavy (non-hydrogen) atoms. The van der Waals surface area contributed by atoms with Crippen LogP contribution >= 0.6 is 0 Å². The highest BCUT2D eigenvalue weighted by Crippen LogP contribution is 2.31. The summed E-state index contributed by atoms with van der Waals surface area (Å²) in [5.74, 6) is 2.48. The Bertz CT molecular complexity index is 136. The molecule has 84 valence electrons. The molecule has 1 heteroatoms. The second-order valence-corrected chi connectivity index (χ2v) is 5.34. The molecule has 1 atom stereocenters. The van der Waals surface area contributed by atoms with Gasteiger partial charge < -0.3 is 5.11 Å². The van der Waals surface area contributed by atoms with E-state index < -0.39 is 0 Å². The Labute approximate surface area is 88.9 Å². The predicted molar refractivity (Wildman–Crippen MR) is 61.2 cm³/mol. The molecule has 1 unspecified atom stereocenters. The summed E-state index contributed by atoms with van der Waals surface area (Å²) in [5, 5.41) is 8.91. The van der Waals surface area contributed by atoms with Crippen LogP contribution < -0.4 is 0 Å². The molecule has 0 aliphatic heterocycles. The van der Waals surface area contributed by atoms with Crippen LogP contribution in [0, 0.1) is 17.8 Å². The minimum atomic E-state index is 0.363. The van der Waals surface area contributed by atoms with Crippen LogP contribution in [0.5, 0.6) is 0 Å². The molecule has 0 aromatic carbocycles. The molecule has 0 spiro atoms. The molecule has 1 saturated carbocycles. The van der Waals surface area contributed by atoms with Gasteiger partial charge in [0.15, 0.2) is 0 Å². The first-order valence-corrected chi connectivity index (χ1v) is 6.33. The van der Waals surface area contributed by atoms with Crippen LogP contribution in [0.2, 0.25) is 0 Å². The summed E-state index contributed by atoms with van der Waals surface area (Å²) in [5.41, 5.74) is 0. The molecule has 0 radical (unpaired) electrons. The predicted octanol–water partition coefficient (Wildman–Crippen LogP) is 3.61. The first-order valence-electron chi connectivity index (χ1n) is 6.33. The van der Waals surface area contributed by atoms with E-state index in [1.54, 1.807) is 0 Å². The van der Waals surface area contributed by atoms with Crippen LogP contribution in [-0.4, -0.2) is 11.7 Å². The molecule has 0 amide bonds. The zero-order chi connectivity index (χ0) is 10.4. The maximum absolute atomic E-state index is 8.91. The Hall–Kier alpha value is -0.0400. The Kier molecular flexibility index (Phi) is 5.54. The van der Waals surface area contributed by atoms with Gasteiger partial charge in [-0.3, -0.25) is 0 Å². The van der Waals surface area contributed by atoms with E-state index in [9.17, 15) is 0 Å². The number of aliphatic hydroxyl groups is 1. The van der Waals surface area contributed by atoms with Gasteiger partial charge in [-0.05, 0) is 24.2 Å². The van der Waals surface area contributed by atoms with E-state index in [2.05, 4.69) is 13.8 Å². The SMILES string of the molecule is CC(CO)CCCC1CCC(C)CC1. The minimum Gasteiger partial charge on any atom is -0.396 e. The second-order valence-electron chi connectivity index (χ2n) is 5.34.